The van der Waals surface area contributed by atoms with Crippen molar-refractivity contribution in [2.24, 2.45) is 5.73 Å². The highest BCUT2D eigenvalue weighted by Gasteiger charge is 2.31. The van der Waals surface area contributed by atoms with Crippen molar-refractivity contribution >= 4 is 23.2 Å². The monoisotopic (exact) mass is 483 g/mol. The first kappa shape index (κ1) is 24.0. The Balaban J connectivity index is 1.13. The molecule has 0 unspecified atom stereocenters. The molecule has 1 atom stereocenters. The van der Waals surface area contributed by atoms with E-state index in [1.54, 1.807) is 0 Å². The molecule has 0 aliphatic carbocycles. The lowest BCUT2D eigenvalue weighted by Crippen LogP contribution is -2.50. The Morgan fingerprint density at radius 1 is 0.833 bits per heavy atom. The molecule has 3 aromatic rings. The number of primary amides is 1. The van der Waals surface area contributed by atoms with Crippen LogP contribution in [0.15, 0.2) is 78.9 Å². The van der Waals surface area contributed by atoms with Gasteiger partial charge in [0.2, 0.25) is 11.8 Å². The molecule has 7 nitrogen and oxygen atoms in total. The first-order chi connectivity index (χ1) is 17.5. The Hall–Kier alpha value is -3.68. The molecular weight excluding hydrogens is 450 g/mol. The van der Waals surface area contributed by atoms with Crippen LogP contribution in [0.5, 0.6) is 0 Å². The van der Waals surface area contributed by atoms with Crippen molar-refractivity contribution in [3.05, 3.63) is 95.6 Å². The van der Waals surface area contributed by atoms with Gasteiger partial charge in [-0.2, -0.15) is 0 Å². The summed E-state index contributed by atoms with van der Waals surface area (Å²) in [7, 11) is 0. The van der Waals surface area contributed by atoms with Crippen molar-refractivity contribution in [1.82, 2.24) is 9.80 Å². The fourth-order valence-electron chi connectivity index (χ4n) is 5.17. The summed E-state index contributed by atoms with van der Waals surface area (Å²) in [4.78, 5) is 31.6. The molecular formula is C29H33N5O2. The van der Waals surface area contributed by atoms with Crippen LogP contribution >= 0.6 is 0 Å². The van der Waals surface area contributed by atoms with Crippen molar-refractivity contribution in [3.8, 4) is 0 Å². The number of amides is 2. The summed E-state index contributed by atoms with van der Waals surface area (Å²) < 4.78 is 0. The number of carbonyl (C=O) groups is 2. The Morgan fingerprint density at radius 3 is 2.19 bits per heavy atom. The maximum atomic E-state index is 12.8. The summed E-state index contributed by atoms with van der Waals surface area (Å²) >= 11 is 0. The van der Waals surface area contributed by atoms with Gasteiger partial charge in [0, 0.05) is 50.6 Å². The van der Waals surface area contributed by atoms with E-state index >= 15 is 0 Å². The number of piperazine rings is 1. The second-order valence-corrected chi connectivity index (χ2v) is 9.64. The molecule has 1 fully saturated rings. The number of hydrogen-bond acceptors (Lipinski definition) is 5. The fourth-order valence-corrected chi connectivity index (χ4v) is 5.17. The Morgan fingerprint density at radius 2 is 1.50 bits per heavy atom. The van der Waals surface area contributed by atoms with Gasteiger partial charge in [0.15, 0.2) is 0 Å². The summed E-state index contributed by atoms with van der Waals surface area (Å²) in [6.07, 6.45) is 0.534. The Kier molecular flexibility index (Phi) is 7.30. The maximum Gasteiger partial charge on any atom is 0.238 e. The fraction of sp³-hybridized carbons (Fsp3) is 0.310. The van der Waals surface area contributed by atoms with E-state index in [1.165, 1.54) is 5.56 Å². The second kappa shape index (κ2) is 10.9. The predicted molar refractivity (Wildman–Crippen MR) is 143 cm³/mol. The SMILES string of the molecule is NC(=O)[C@@H]1Cc2ccccc2CN1CC(=O)Nc1ccc(N2CCN(Cc3ccccc3)CC2)cc1. The smallest absolute Gasteiger partial charge is 0.238 e. The van der Waals surface area contributed by atoms with E-state index < -0.39 is 11.9 Å². The molecule has 0 saturated carbocycles. The minimum absolute atomic E-state index is 0.118. The standard InChI is InChI=1S/C29H33N5O2/c30-29(36)27-18-23-8-4-5-9-24(23)20-34(27)21-28(35)31-25-10-12-26(13-11-25)33-16-14-32(15-17-33)19-22-6-2-1-3-7-22/h1-13,27H,14-21H2,(H2,30,36)(H,31,35)/t27-/m0/s1. The highest BCUT2D eigenvalue weighted by molar-refractivity contribution is 5.93. The summed E-state index contributed by atoms with van der Waals surface area (Å²) in [5, 5.41) is 2.98. The summed E-state index contributed by atoms with van der Waals surface area (Å²) in [6, 6.07) is 26.1. The van der Waals surface area contributed by atoms with Crippen molar-refractivity contribution in [2.75, 3.05) is 42.9 Å². The van der Waals surface area contributed by atoms with Gasteiger partial charge >= 0.3 is 0 Å². The van der Waals surface area contributed by atoms with Gasteiger partial charge in [-0.3, -0.25) is 19.4 Å². The number of carbonyl (C=O) groups excluding carboxylic acids is 2. The van der Waals surface area contributed by atoms with Crippen LogP contribution in [0, 0.1) is 0 Å². The van der Waals surface area contributed by atoms with Crippen molar-refractivity contribution in [1.29, 1.82) is 0 Å². The molecule has 0 bridgehead atoms. The molecule has 1 saturated heterocycles. The molecule has 0 aromatic heterocycles. The molecule has 7 heteroatoms. The summed E-state index contributed by atoms with van der Waals surface area (Å²) in [5.41, 5.74) is 11.2. The van der Waals surface area contributed by atoms with E-state index in [1.807, 2.05) is 41.3 Å². The molecule has 3 aromatic carbocycles. The molecule has 186 valence electrons. The number of benzene rings is 3. The first-order valence-electron chi connectivity index (χ1n) is 12.6. The van der Waals surface area contributed by atoms with E-state index in [4.69, 9.17) is 5.73 Å². The molecule has 2 amide bonds. The van der Waals surface area contributed by atoms with Gasteiger partial charge in [0.05, 0.1) is 12.6 Å². The number of nitrogens with two attached hydrogens (primary N) is 1. The second-order valence-electron chi connectivity index (χ2n) is 9.64. The van der Waals surface area contributed by atoms with Crippen LogP contribution in [-0.4, -0.2) is 60.4 Å². The average Bonchev–Trinajstić information content (AvgIpc) is 2.90. The number of nitrogens with zero attached hydrogens (tertiary/aromatic N) is 3. The van der Waals surface area contributed by atoms with E-state index in [-0.39, 0.29) is 12.5 Å². The highest BCUT2D eigenvalue weighted by atomic mass is 16.2. The van der Waals surface area contributed by atoms with E-state index in [0.29, 0.717) is 13.0 Å². The molecule has 3 N–H and O–H groups in total. The van der Waals surface area contributed by atoms with Crippen molar-refractivity contribution < 1.29 is 9.59 Å². The van der Waals surface area contributed by atoms with Gasteiger partial charge in [-0.25, -0.2) is 0 Å². The molecule has 5 rings (SSSR count). The topological polar surface area (TPSA) is 81.9 Å². The maximum absolute atomic E-state index is 12.8. The number of hydrogen-bond donors (Lipinski definition) is 2. The number of fused-ring (bicyclic) bond motifs is 1. The van der Waals surface area contributed by atoms with Gasteiger partial charge in [-0.1, -0.05) is 54.6 Å². The van der Waals surface area contributed by atoms with Crippen LogP contribution in [0.3, 0.4) is 0 Å². The Bertz CT molecular complexity index is 1190. The molecule has 0 spiro atoms. The van der Waals surface area contributed by atoms with Gasteiger partial charge in [-0.05, 0) is 47.4 Å². The lowest BCUT2D eigenvalue weighted by molar-refractivity contribution is -0.125. The lowest BCUT2D eigenvalue weighted by Gasteiger charge is -2.36. The predicted octanol–water partition coefficient (Wildman–Crippen LogP) is 2.86. The van der Waals surface area contributed by atoms with Crippen molar-refractivity contribution in [3.63, 3.8) is 0 Å². The van der Waals surface area contributed by atoms with E-state index in [9.17, 15) is 9.59 Å². The zero-order chi connectivity index (χ0) is 24.9. The molecule has 2 aliphatic rings. The normalized spacial score (nSPS) is 18.4. The van der Waals surface area contributed by atoms with Crippen molar-refractivity contribution in [2.45, 2.75) is 25.6 Å². The average molecular weight is 484 g/mol. The lowest BCUT2D eigenvalue weighted by atomic mass is 9.93. The van der Waals surface area contributed by atoms with Crippen LogP contribution in [0.25, 0.3) is 0 Å². The minimum Gasteiger partial charge on any atom is -0.369 e. The van der Waals surface area contributed by atoms with Crippen LogP contribution in [0.1, 0.15) is 16.7 Å². The zero-order valence-electron chi connectivity index (χ0n) is 20.5. The quantitative estimate of drug-likeness (QED) is 0.540. The van der Waals surface area contributed by atoms with E-state index in [2.05, 4.69) is 57.6 Å². The molecule has 2 aliphatic heterocycles. The van der Waals surface area contributed by atoms with Crippen LogP contribution in [0.2, 0.25) is 0 Å². The Labute approximate surface area is 212 Å². The summed E-state index contributed by atoms with van der Waals surface area (Å²) in [6.45, 7) is 5.63. The molecule has 36 heavy (non-hydrogen) atoms. The van der Waals surface area contributed by atoms with Gasteiger partial charge in [-0.15, -0.1) is 0 Å². The highest BCUT2D eigenvalue weighted by Crippen LogP contribution is 2.24. The summed E-state index contributed by atoms with van der Waals surface area (Å²) in [5.74, 6) is -0.548. The van der Waals surface area contributed by atoms with Gasteiger partial charge < -0.3 is 16.0 Å². The molecule has 0 radical (unpaired) electrons. The van der Waals surface area contributed by atoms with E-state index in [0.717, 1.165) is 55.2 Å². The third-order valence-corrected chi connectivity index (χ3v) is 7.16. The van der Waals surface area contributed by atoms with Crippen LogP contribution in [-0.2, 0) is 29.1 Å². The largest absolute Gasteiger partial charge is 0.369 e. The number of anilines is 2. The van der Waals surface area contributed by atoms with Crippen LogP contribution in [0.4, 0.5) is 11.4 Å². The van der Waals surface area contributed by atoms with Gasteiger partial charge in [0.1, 0.15) is 0 Å². The minimum atomic E-state index is -0.478. The van der Waals surface area contributed by atoms with Crippen LogP contribution < -0.4 is 16.0 Å². The number of rotatable bonds is 7. The molecule has 2 heterocycles. The third-order valence-electron chi connectivity index (χ3n) is 7.16. The zero-order valence-corrected chi connectivity index (χ0v) is 20.5. The van der Waals surface area contributed by atoms with Gasteiger partial charge in [0.25, 0.3) is 0 Å². The third kappa shape index (κ3) is 5.75. The first-order valence-corrected chi connectivity index (χ1v) is 12.6. The number of nitrogens with one attached hydrogen (secondary N) is 1.